The molecule has 0 bridgehead atoms. The van der Waals surface area contributed by atoms with Crippen LogP contribution >= 0.6 is 0 Å². The van der Waals surface area contributed by atoms with Crippen LogP contribution in [-0.2, 0) is 26.6 Å². The molecule has 0 spiro atoms. The molecule has 0 unspecified atom stereocenters. The van der Waals surface area contributed by atoms with Crippen LogP contribution in [0.1, 0.15) is 13.8 Å². The zero-order valence-electron chi connectivity index (χ0n) is 5.55. The Morgan fingerprint density at radius 3 is 1.56 bits per heavy atom. The first-order valence-electron chi connectivity index (χ1n) is 2.40. The van der Waals surface area contributed by atoms with E-state index in [1.807, 2.05) is 13.8 Å². The SMILES string of the molecule is CC[O][Ti][O]CC.F.F. The molecule has 2 nitrogen and oxygen atoms in total. The van der Waals surface area contributed by atoms with E-state index in [1.165, 1.54) is 0 Å². The maximum atomic E-state index is 4.98. The fraction of sp³-hybridized carbons (Fsp3) is 1.00. The van der Waals surface area contributed by atoms with Crippen molar-refractivity contribution in [2.45, 2.75) is 13.8 Å². The van der Waals surface area contributed by atoms with Crippen molar-refractivity contribution in [3.8, 4) is 0 Å². The minimum absolute atomic E-state index is 0. The summed E-state index contributed by atoms with van der Waals surface area (Å²) >= 11 is -0.486. The Labute approximate surface area is 63.5 Å². The molecule has 0 rings (SSSR count). The van der Waals surface area contributed by atoms with Gasteiger partial charge in [0.05, 0.1) is 0 Å². The minimum Gasteiger partial charge on any atom is -0.269 e. The summed E-state index contributed by atoms with van der Waals surface area (Å²) in [5.74, 6) is 0. The number of rotatable bonds is 4. The van der Waals surface area contributed by atoms with Crippen molar-refractivity contribution in [2.24, 2.45) is 0 Å². The molecule has 0 aromatic carbocycles. The maximum absolute atomic E-state index is 4.98. The van der Waals surface area contributed by atoms with E-state index in [-0.39, 0.29) is 9.41 Å². The van der Waals surface area contributed by atoms with Gasteiger partial charge < -0.3 is 0 Å². The van der Waals surface area contributed by atoms with Crippen LogP contribution in [0.2, 0.25) is 0 Å². The standard InChI is InChI=1S/2C2H5O.2FH.Ti/c2*1-2-3;;;/h2*2H2,1H3;2*1H;/q2*-1;;;+2. The second-order valence-electron chi connectivity index (χ2n) is 0.949. The third-order valence-corrected chi connectivity index (χ3v) is 1.68. The van der Waals surface area contributed by atoms with E-state index in [0.29, 0.717) is 0 Å². The van der Waals surface area contributed by atoms with Gasteiger partial charge in [-0.3, -0.25) is 9.41 Å². The van der Waals surface area contributed by atoms with Gasteiger partial charge >= 0.3 is 53.6 Å². The third-order valence-electron chi connectivity index (χ3n) is 0.407. The number of hydrogen-bond donors (Lipinski definition) is 0. The van der Waals surface area contributed by atoms with Crippen LogP contribution in [0.15, 0.2) is 0 Å². The Morgan fingerprint density at radius 2 is 1.33 bits per heavy atom. The molecule has 0 fully saturated rings. The van der Waals surface area contributed by atoms with E-state index < -0.39 is 19.9 Å². The first-order valence-corrected chi connectivity index (χ1v) is 3.67. The Bertz CT molecular complexity index is 35.7. The van der Waals surface area contributed by atoms with Crippen molar-refractivity contribution >= 4 is 0 Å². The molecule has 9 heavy (non-hydrogen) atoms. The van der Waals surface area contributed by atoms with E-state index >= 15 is 0 Å². The van der Waals surface area contributed by atoms with Gasteiger partial charge in [0.1, 0.15) is 0 Å². The van der Waals surface area contributed by atoms with Crippen LogP contribution in [0, 0.1) is 0 Å². The third kappa shape index (κ3) is 17.7. The van der Waals surface area contributed by atoms with Crippen molar-refractivity contribution in [1.29, 1.82) is 0 Å². The van der Waals surface area contributed by atoms with Crippen molar-refractivity contribution in [2.75, 3.05) is 13.2 Å². The second kappa shape index (κ2) is 15.8. The summed E-state index contributed by atoms with van der Waals surface area (Å²) in [6.45, 7) is 5.53. The topological polar surface area (TPSA) is 18.5 Å². The van der Waals surface area contributed by atoms with E-state index in [0.717, 1.165) is 13.2 Å². The molecule has 0 saturated carbocycles. The Kier molecular flexibility index (Phi) is 28.5. The van der Waals surface area contributed by atoms with Gasteiger partial charge in [-0.15, -0.1) is 0 Å². The van der Waals surface area contributed by atoms with Crippen molar-refractivity contribution < 1.29 is 36.0 Å². The molecule has 0 aliphatic carbocycles. The fourth-order valence-corrected chi connectivity index (χ4v) is 0.658. The maximum Gasteiger partial charge on any atom is -0.269 e. The van der Waals surface area contributed by atoms with Crippen molar-refractivity contribution in [3.05, 3.63) is 0 Å². The molecule has 0 radical (unpaired) electrons. The molecule has 0 N–H and O–H groups in total. The first-order chi connectivity index (χ1) is 3.41. The van der Waals surface area contributed by atoms with Crippen molar-refractivity contribution in [3.63, 3.8) is 0 Å². The molecule has 58 valence electrons. The van der Waals surface area contributed by atoms with Crippen LogP contribution in [0.4, 0.5) is 9.41 Å². The normalized spacial score (nSPS) is 6.89. The van der Waals surface area contributed by atoms with Crippen LogP contribution in [0.25, 0.3) is 0 Å². The van der Waals surface area contributed by atoms with Gasteiger partial charge in [0, 0.05) is 0 Å². The predicted molar refractivity (Wildman–Crippen MR) is 28.3 cm³/mol. The molecular formula is C4H12F2O2Ti. The molecule has 0 aliphatic heterocycles. The van der Waals surface area contributed by atoms with Gasteiger partial charge in [0.25, 0.3) is 0 Å². The molecule has 0 amide bonds. The summed E-state index contributed by atoms with van der Waals surface area (Å²) in [5, 5.41) is 0. The summed E-state index contributed by atoms with van der Waals surface area (Å²) in [5.41, 5.74) is 0. The average molecular weight is 178 g/mol. The molecule has 0 heterocycles. The van der Waals surface area contributed by atoms with Crippen LogP contribution in [-0.4, -0.2) is 13.2 Å². The van der Waals surface area contributed by atoms with Crippen LogP contribution < -0.4 is 0 Å². The van der Waals surface area contributed by atoms with E-state index in [9.17, 15) is 0 Å². The molecule has 0 aliphatic rings. The van der Waals surface area contributed by atoms with Crippen molar-refractivity contribution in [1.82, 2.24) is 0 Å². The van der Waals surface area contributed by atoms with Gasteiger partial charge in [0.15, 0.2) is 0 Å². The monoisotopic (exact) mass is 178 g/mol. The zero-order valence-corrected chi connectivity index (χ0v) is 7.11. The Balaban J connectivity index is -0.000000180. The predicted octanol–water partition coefficient (Wildman–Crippen LogP) is 1.28. The van der Waals surface area contributed by atoms with Crippen LogP contribution in [0.5, 0.6) is 0 Å². The molecule has 0 saturated heterocycles. The molecule has 0 atom stereocenters. The first kappa shape index (κ1) is 16.2. The summed E-state index contributed by atoms with van der Waals surface area (Å²) in [4.78, 5) is 0. The Hall–Kier alpha value is 0.494. The number of hydrogen-bond acceptors (Lipinski definition) is 2. The number of halogens is 2. The summed E-state index contributed by atoms with van der Waals surface area (Å²) < 4.78 is 9.95. The van der Waals surface area contributed by atoms with Gasteiger partial charge in [-0.25, -0.2) is 0 Å². The molecule has 5 heteroatoms. The quantitative estimate of drug-likeness (QED) is 0.476. The fourth-order valence-electron chi connectivity index (χ4n) is 0.160. The summed E-state index contributed by atoms with van der Waals surface area (Å²) in [6.07, 6.45) is 0. The Morgan fingerprint density at radius 1 is 1.00 bits per heavy atom. The average Bonchev–Trinajstić information content (AvgIpc) is 1.69. The summed E-state index contributed by atoms with van der Waals surface area (Å²) in [6, 6.07) is 0. The van der Waals surface area contributed by atoms with E-state index in [4.69, 9.17) is 6.64 Å². The smallest absolute Gasteiger partial charge is 0.269 e. The minimum atomic E-state index is -0.486. The summed E-state index contributed by atoms with van der Waals surface area (Å²) in [7, 11) is 0. The molecule has 0 aromatic heterocycles. The van der Waals surface area contributed by atoms with E-state index in [2.05, 4.69) is 0 Å². The van der Waals surface area contributed by atoms with Gasteiger partial charge in [-0.05, 0) is 0 Å². The molecular weight excluding hydrogens is 166 g/mol. The zero-order chi connectivity index (χ0) is 5.54. The van der Waals surface area contributed by atoms with E-state index in [1.54, 1.807) is 0 Å². The molecule has 0 aromatic rings. The van der Waals surface area contributed by atoms with Gasteiger partial charge in [0.2, 0.25) is 0 Å². The second-order valence-corrected chi connectivity index (χ2v) is 2.11. The van der Waals surface area contributed by atoms with Gasteiger partial charge in [-0.1, -0.05) is 0 Å². The largest absolute Gasteiger partial charge is 0.269 e. The van der Waals surface area contributed by atoms with Crippen LogP contribution in [0.3, 0.4) is 0 Å². The van der Waals surface area contributed by atoms with Gasteiger partial charge in [-0.2, -0.15) is 0 Å².